The Morgan fingerprint density at radius 2 is 1.65 bits per heavy atom. The van der Waals surface area contributed by atoms with E-state index in [-0.39, 0.29) is 5.97 Å². The number of hydrogen-bond donors (Lipinski definition) is 2. The lowest BCUT2D eigenvalue weighted by atomic mass is 10.3. The number of esters is 1. The van der Waals surface area contributed by atoms with Crippen molar-refractivity contribution in [3.8, 4) is 0 Å². The standard InChI is InChI=1S/C17H38N4O2/c1-4-16-23-17(22)8-10-19-11-15-21(6-3)13-7-12-20(5-2)14-9-18/h19H,4-16,18H2,1-3H3. The normalized spacial score (nSPS) is 11.4. The zero-order chi connectivity index (χ0) is 17.3. The van der Waals surface area contributed by atoms with Crippen LogP contribution in [-0.4, -0.2) is 81.3 Å². The van der Waals surface area contributed by atoms with E-state index in [4.69, 9.17) is 10.5 Å². The molecule has 0 aliphatic carbocycles. The summed E-state index contributed by atoms with van der Waals surface area (Å²) in [7, 11) is 0. The topological polar surface area (TPSA) is 70.8 Å². The zero-order valence-corrected chi connectivity index (χ0v) is 15.5. The molecule has 0 rings (SSSR count). The molecule has 0 bridgehead atoms. The Morgan fingerprint density at radius 3 is 2.22 bits per heavy atom. The highest BCUT2D eigenvalue weighted by Crippen LogP contribution is 1.95. The summed E-state index contributed by atoms with van der Waals surface area (Å²) >= 11 is 0. The van der Waals surface area contributed by atoms with Crippen molar-refractivity contribution in [3.05, 3.63) is 0 Å². The molecule has 0 aliphatic rings. The van der Waals surface area contributed by atoms with E-state index in [1.165, 1.54) is 6.42 Å². The Hall–Kier alpha value is -0.690. The number of hydrogen-bond acceptors (Lipinski definition) is 6. The van der Waals surface area contributed by atoms with Gasteiger partial charge < -0.3 is 25.6 Å². The van der Waals surface area contributed by atoms with Crippen LogP contribution < -0.4 is 11.1 Å². The largest absolute Gasteiger partial charge is 0.466 e. The molecule has 0 aromatic rings. The maximum atomic E-state index is 11.4. The Bertz CT molecular complexity index is 277. The fourth-order valence-corrected chi connectivity index (χ4v) is 2.40. The van der Waals surface area contributed by atoms with E-state index in [1.54, 1.807) is 0 Å². The number of nitrogens with two attached hydrogens (primary N) is 1. The Kier molecular flexibility index (Phi) is 15.7. The highest BCUT2D eigenvalue weighted by atomic mass is 16.5. The van der Waals surface area contributed by atoms with Gasteiger partial charge in [-0.25, -0.2) is 0 Å². The highest BCUT2D eigenvalue weighted by Gasteiger charge is 2.05. The molecule has 0 fully saturated rings. The van der Waals surface area contributed by atoms with Crippen LogP contribution in [0.4, 0.5) is 0 Å². The first-order valence-electron chi connectivity index (χ1n) is 9.18. The van der Waals surface area contributed by atoms with Crippen LogP contribution in [0.3, 0.4) is 0 Å². The maximum Gasteiger partial charge on any atom is 0.307 e. The van der Waals surface area contributed by atoms with Crippen LogP contribution >= 0.6 is 0 Å². The summed E-state index contributed by atoms with van der Waals surface area (Å²) in [5.74, 6) is -0.105. The van der Waals surface area contributed by atoms with Crippen LogP contribution in [-0.2, 0) is 9.53 Å². The molecule has 0 spiro atoms. The molecule has 0 aliphatic heterocycles. The fraction of sp³-hybridized carbons (Fsp3) is 0.941. The monoisotopic (exact) mass is 330 g/mol. The molecule has 0 atom stereocenters. The number of likely N-dealkylation sites (N-methyl/N-ethyl adjacent to an activating group) is 2. The molecular weight excluding hydrogens is 292 g/mol. The average molecular weight is 331 g/mol. The van der Waals surface area contributed by atoms with Crippen LogP contribution in [0.15, 0.2) is 0 Å². The summed E-state index contributed by atoms with van der Waals surface area (Å²) in [6.07, 6.45) is 2.51. The van der Waals surface area contributed by atoms with E-state index in [0.29, 0.717) is 19.6 Å². The average Bonchev–Trinajstić information content (AvgIpc) is 2.57. The van der Waals surface area contributed by atoms with Crippen molar-refractivity contribution in [3.63, 3.8) is 0 Å². The Morgan fingerprint density at radius 1 is 1.00 bits per heavy atom. The summed E-state index contributed by atoms with van der Waals surface area (Å²) in [6, 6.07) is 0. The molecule has 0 saturated carbocycles. The van der Waals surface area contributed by atoms with Gasteiger partial charge in [0, 0.05) is 32.7 Å². The highest BCUT2D eigenvalue weighted by molar-refractivity contribution is 5.69. The molecule has 0 radical (unpaired) electrons. The van der Waals surface area contributed by atoms with Crippen LogP contribution in [0.2, 0.25) is 0 Å². The van der Waals surface area contributed by atoms with Gasteiger partial charge in [-0.05, 0) is 39.0 Å². The molecule has 3 N–H and O–H groups in total. The third-order valence-corrected chi connectivity index (χ3v) is 3.87. The molecule has 0 saturated heterocycles. The molecule has 0 heterocycles. The van der Waals surface area contributed by atoms with Gasteiger partial charge in [0.25, 0.3) is 0 Å². The summed E-state index contributed by atoms with van der Waals surface area (Å²) < 4.78 is 5.04. The third-order valence-electron chi connectivity index (χ3n) is 3.87. The first-order valence-corrected chi connectivity index (χ1v) is 9.18. The quantitative estimate of drug-likeness (QED) is 0.324. The van der Waals surface area contributed by atoms with Gasteiger partial charge in [-0.15, -0.1) is 0 Å². The van der Waals surface area contributed by atoms with Gasteiger partial charge in [-0.1, -0.05) is 20.8 Å². The minimum atomic E-state index is -0.105. The van der Waals surface area contributed by atoms with Crippen molar-refractivity contribution in [1.29, 1.82) is 0 Å². The SMILES string of the molecule is CCCOC(=O)CCNCCN(CC)CCCN(CC)CCN. The lowest BCUT2D eigenvalue weighted by Crippen LogP contribution is -2.36. The molecule has 0 amide bonds. The minimum absolute atomic E-state index is 0.105. The van der Waals surface area contributed by atoms with Crippen molar-refractivity contribution in [2.75, 3.05) is 65.5 Å². The first-order chi connectivity index (χ1) is 11.2. The van der Waals surface area contributed by atoms with Gasteiger partial charge in [0.2, 0.25) is 0 Å². The zero-order valence-electron chi connectivity index (χ0n) is 15.5. The molecule has 0 aromatic heterocycles. The van der Waals surface area contributed by atoms with Crippen molar-refractivity contribution in [2.45, 2.75) is 40.0 Å². The molecule has 0 aromatic carbocycles. The molecule has 6 nitrogen and oxygen atoms in total. The summed E-state index contributed by atoms with van der Waals surface area (Å²) in [5.41, 5.74) is 5.61. The minimum Gasteiger partial charge on any atom is -0.466 e. The van der Waals surface area contributed by atoms with E-state index in [2.05, 4.69) is 29.0 Å². The lowest BCUT2D eigenvalue weighted by Gasteiger charge is -2.24. The van der Waals surface area contributed by atoms with E-state index in [9.17, 15) is 4.79 Å². The molecule has 23 heavy (non-hydrogen) atoms. The van der Waals surface area contributed by atoms with E-state index < -0.39 is 0 Å². The van der Waals surface area contributed by atoms with Crippen molar-refractivity contribution >= 4 is 5.97 Å². The second kappa shape index (κ2) is 16.2. The number of nitrogens with one attached hydrogen (secondary N) is 1. The Labute approximate surface area is 142 Å². The number of carbonyl (C=O) groups excluding carboxylic acids is 1. The third kappa shape index (κ3) is 13.4. The first kappa shape index (κ1) is 22.3. The van der Waals surface area contributed by atoms with Crippen LogP contribution in [0.5, 0.6) is 0 Å². The summed E-state index contributed by atoms with van der Waals surface area (Å²) in [6.45, 7) is 15.6. The van der Waals surface area contributed by atoms with Gasteiger partial charge in [0.05, 0.1) is 13.0 Å². The predicted octanol–water partition coefficient (Wildman–Crippen LogP) is 0.912. The number of nitrogens with zero attached hydrogens (tertiary/aromatic N) is 2. The lowest BCUT2D eigenvalue weighted by molar-refractivity contribution is -0.143. The maximum absolute atomic E-state index is 11.4. The number of carbonyl (C=O) groups is 1. The van der Waals surface area contributed by atoms with E-state index in [1.807, 2.05) is 6.92 Å². The fourth-order valence-electron chi connectivity index (χ4n) is 2.40. The second-order valence-corrected chi connectivity index (χ2v) is 5.73. The second-order valence-electron chi connectivity index (χ2n) is 5.73. The Balaban J connectivity index is 3.63. The van der Waals surface area contributed by atoms with Gasteiger partial charge in [0.1, 0.15) is 0 Å². The van der Waals surface area contributed by atoms with Crippen molar-refractivity contribution in [2.24, 2.45) is 5.73 Å². The smallest absolute Gasteiger partial charge is 0.307 e. The predicted molar refractivity (Wildman–Crippen MR) is 96.6 cm³/mol. The van der Waals surface area contributed by atoms with Gasteiger partial charge in [-0.3, -0.25) is 4.79 Å². The van der Waals surface area contributed by atoms with Crippen LogP contribution in [0.25, 0.3) is 0 Å². The molecule has 6 heteroatoms. The van der Waals surface area contributed by atoms with Crippen molar-refractivity contribution in [1.82, 2.24) is 15.1 Å². The van der Waals surface area contributed by atoms with Crippen LogP contribution in [0, 0.1) is 0 Å². The van der Waals surface area contributed by atoms with Gasteiger partial charge >= 0.3 is 5.97 Å². The van der Waals surface area contributed by atoms with Gasteiger partial charge in [0.15, 0.2) is 0 Å². The van der Waals surface area contributed by atoms with E-state index in [0.717, 1.165) is 58.8 Å². The number of ether oxygens (including phenoxy) is 1. The van der Waals surface area contributed by atoms with E-state index >= 15 is 0 Å². The van der Waals surface area contributed by atoms with Crippen LogP contribution in [0.1, 0.15) is 40.0 Å². The number of rotatable bonds is 16. The molecule has 0 unspecified atom stereocenters. The van der Waals surface area contributed by atoms with Crippen molar-refractivity contribution < 1.29 is 9.53 Å². The summed E-state index contributed by atoms with van der Waals surface area (Å²) in [4.78, 5) is 16.2. The molecular formula is C17H38N4O2. The molecule has 138 valence electrons. The summed E-state index contributed by atoms with van der Waals surface area (Å²) in [5, 5.41) is 3.32. The van der Waals surface area contributed by atoms with Gasteiger partial charge in [-0.2, -0.15) is 0 Å².